The molecule has 0 atom stereocenters. The molecule has 3 aromatic rings. The number of carbonyl (C=O) groups excluding carboxylic acids is 2. The topological polar surface area (TPSA) is 123 Å². The van der Waals surface area contributed by atoms with Crippen LogP contribution in [0.4, 0.5) is 27.5 Å². The SMILES string of the molecule is COc1ccc(CSCC(=O)Nc2cccc(NC(=O)Nc3ccccc3)c2)cc1[N+](=O)[O-]. The molecule has 0 unspecified atom stereocenters. The van der Waals surface area contributed by atoms with Crippen molar-refractivity contribution in [2.75, 3.05) is 28.8 Å². The van der Waals surface area contributed by atoms with E-state index in [1.54, 1.807) is 48.5 Å². The predicted molar refractivity (Wildman–Crippen MR) is 130 cm³/mol. The van der Waals surface area contributed by atoms with Crippen molar-refractivity contribution in [2.45, 2.75) is 5.75 Å². The van der Waals surface area contributed by atoms with Crippen LogP contribution in [0.3, 0.4) is 0 Å². The average molecular weight is 467 g/mol. The molecule has 0 spiro atoms. The van der Waals surface area contributed by atoms with E-state index in [-0.39, 0.29) is 23.1 Å². The molecule has 33 heavy (non-hydrogen) atoms. The summed E-state index contributed by atoms with van der Waals surface area (Å²) in [4.78, 5) is 35.1. The van der Waals surface area contributed by atoms with E-state index in [1.807, 2.05) is 18.2 Å². The number of nitro groups is 1. The Labute approximate surface area is 194 Å². The normalized spacial score (nSPS) is 10.2. The molecule has 3 amide bonds. The zero-order valence-electron chi connectivity index (χ0n) is 17.7. The van der Waals surface area contributed by atoms with E-state index in [2.05, 4.69) is 16.0 Å². The molecule has 0 aliphatic carbocycles. The maximum atomic E-state index is 12.3. The van der Waals surface area contributed by atoms with E-state index < -0.39 is 11.0 Å². The summed E-state index contributed by atoms with van der Waals surface area (Å²) in [5.74, 6) is 0.553. The summed E-state index contributed by atoms with van der Waals surface area (Å²) in [6.07, 6.45) is 0. The van der Waals surface area contributed by atoms with E-state index in [9.17, 15) is 19.7 Å². The fourth-order valence-electron chi connectivity index (χ4n) is 2.92. The van der Waals surface area contributed by atoms with Crippen molar-refractivity contribution in [3.05, 3.63) is 88.5 Å². The number of hydrogen-bond donors (Lipinski definition) is 3. The fraction of sp³-hybridized carbons (Fsp3) is 0.130. The number of carbonyl (C=O) groups is 2. The molecular formula is C23H22N4O5S. The van der Waals surface area contributed by atoms with Gasteiger partial charge in [0.25, 0.3) is 0 Å². The lowest BCUT2D eigenvalue weighted by atomic mass is 10.2. The van der Waals surface area contributed by atoms with Gasteiger partial charge in [0.05, 0.1) is 17.8 Å². The molecule has 0 heterocycles. The molecule has 0 bridgehead atoms. The monoisotopic (exact) mass is 466 g/mol. The fourth-order valence-corrected chi connectivity index (χ4v) is 3.69. The van der Waals surface area contributed by atoms with Crippen LogP contribution in [0.1, 0.15) is 5.56 Å². The van der Waals surface area contributed by atoms with E-state index in [4.69, 9.17) is 4.74 Å². The van der Waals surface area contributed by atoms with Crippen LogP contribution in [-0.2, 0) is 10.5 Å². The minimum Gasteiger partial charge on any atom is -0.490 e. The minimum absolute atomic E-state index is 0.110. The highest BCUT2D eigenvalue weighted by molar-refractivity contribution is 7.99. The molecule has 3 rings (SSSR count). The molecule has 170 valence electrons. The first-order valence-electron chi connectivity index (χ1n) is 9.86. The number of nitrogens with one attached hydrogen (secondary N) is 3. The third-order valence-corrected chi connectivity index (χ3v) is 5.38. The van der Waals surface area contributed by atoms with Crippen molar-refractivity contribution < 1.29 is 19.2 Å². The Morgan fingerprint density at radius 2 is 1.58 bits per heavy atom. The maximum absolute atomic E-state index is 12.3. The number of ether oxygens (including phenoxy) is 1. The first-order valence-corrected chi connectivity index (χ1v) is 11.0. The van der Waals surface area contributed by atoms with Crippen molar-refractivity contribution >= 4 is 46.4 Å². The molecule has 0 radical (unpaired) electrons. The van der Waals surface area contributed by atoms with Crippen molar-refractivity contribution in [3.63, 3.8) is 0 Å². The molecule has 10 heteroatoms. The van der Waals surface area contributed by atoms with Gasteiger partial charge < -0.3 is 20.7 Å². The van der Waals surface area contributed by atoms with E-state index in [0.29, 0.717) is 22.8 Å². The number of hydrogen-bond acceptors (Lipinski definition) is 6. The van der Waals surface area contributed by atoms with Gasteiger partial charge in [-0.25, -0.2) is 4.79 Å². The van der Waals surface area contributed by atoms with Crippen LogP contribution in [0.5, 0.6) is 5.75 Å². The van der Waals surface area contributed by atoms with Crippen LogP contribution in [0.25, 0.3) is 0 Å². The van der Waals surface area contributed by atoms with Crippen molar-refractivity contribution in [1.82, 2.24) is 0 Å². The number of anilines is 3. The van der Waals surface area contributed by atoms with Crippen LogP contribution in [0.15, 0.2) is 72.8 Å². The Morgan fingerprint density at radius 1 is 0.909 bits per heavy atom. The van der Waals surface area contributed by atoms with Gasteiger partial charge in [0, 0.05) is 28.9 Å². The van der Waals surface area contributed by atoms with Gasteiger partial charge in [0.15, 0.2) is 5.75 Å². The summed E-state index contributed by atoms with van der Waals surface area (Å²) in [5, 5.41) is 19.4. The van der Waals surface area contributed by atoms with E-state index >= 15 is 0 Å². The van der Waals surface area contributed by atoms with Gasteiger partial charge in [-0.15, -0.1) is 11.8 Å². The van der Waals surface area contributed by atoms with E-state index in [1.165, 1.54) is 24.9 Å². The molecule has 0 fully saturated rings. The van der Waals surface area contributed by atoms with Crippen LogP contribution >= 0.6 is 11.8 Å². The molecule has 0 aliphatic heterocycles. The van der Waals surface area contributed by atoms with Gasteiger partial charge in [-0.2, -0.15) is 0 Å². The first kappa shape index (κ1) is 23.6. The highest BCUT2D eigenvalue weighted by atomic mass is 32.2. The lowest BCUT2D eigenvalue weighted by Gasteiger charge is -2.10. The second kappa shape index (κ2) is 11.5. The molecule has 0 aromatic heterocycles. The Kier molecular flexibility index (Phi) is 8.25. The first-order chi connectivity index (χ1) is 15.9. The molecule has 9 nitrogen and oxygen atoms in total. The number of benzene rings is 3. The maximum Gasteiger partial charge on any atom is 0.323 e. The molecule has 0 saturated carbocycles. The summed E-state index contributed by atoms with van der Waals surface area (Å²) in [6, 6.07) is 20.2. The zero-order chi connectivity index (χ0) is 23.6. The lowest BCUT2D eigenvalue weighted by Crippen LogP contribution is -2.19. The number of nitro benzene ring substituents is 1. The summed E-state index contributed by atoms with van der Waals surface area (Å²) >= 11 is 1.33. The summed E-state index contributed by atoms with van der Waals surface area (Å²) in [7, 11) is 1.38. The summed E-state index contributed by atoms with van der Waals surface area (Å²) < 4.78 is 4.99. The minimum atomic E-state index is -0.499. The van der Waals surface area contributed by atoms with Gasteiger partial charge in [-0.1, -0.05) is 30.3 Å². The van der Waals surface area contributed by atoms with Crippen LogP contribution in [0, 0.1) is 10.1 Å². The second-order valence-corrected chi connectivity index (χ2v) is 7.82. The molecule has 3 N–H and O–H groups in total. The van der Waals surface area contributed by atoms with Gasteiger partial charge in [0.2, 0.25) is 5.91 Å². The molecule has 3 aromatic carbocycles. The molecule has 0 saturated heterocycles. The number of methoxy groups -OCH3 is 1. The smallest absolute Gasteiger partial charge is 0.323 e. The largest absolute Gasteiger partial charge is 0.490 e. The quantitative estimate of drug-likeness (QED) is 0.297. The van der Waals surface area contributed by atoms with Gasteiger partial charge in [0.1, 0.15) is 0 Å². The average Bonchev–Trinajstić information content (AvgIpc) is 2.79. The highest BCUT2D eigenvalue weighted by Crippen LogP contribution is 2.29. The van der Waals surface area contributed by atoms with E-state index in [0.717, 1.165) is 5.56 Å². The van der Waals surface area contributed by atoms with Gasteiger partial charge in [-0.3, -0.25) is 14.9 Å². The highest BCUT2D eigenvalue weighted by Gasteiger charge is 2.15. The zero-order valence-corrected chi connectivity index (χ0v) is 18.6. The Bertz CT molecular complexity index is 1140. The van der Waals surface area contributed by atoms with Crippen LogP contribution < -0.4 is 20.7 Å². The van der Waals surface area contributed by atoms with Crippen LogP contribution in [0.2, 0.25) is 0 Å². The summed E-state index contributed by atoms with van der Waals surface area (Å²) in [5.41, 5.74) is 2.34. The Hall–Kier alpha value is -4.05. The lowest BCUT2D eigenvalue weighted by molar-refractivity contribution is -0.385. The number of rotatable bonds is 9. The van der Waals surface area contributed by atoms with Gasteiger partial charge >= 0.3 is 11.7 Å². The molecular weight excluding hydrogens is 444 g/mol. The number of urea groups is 1. The Morgan fingerprint density at radius 3 is 2.27 bits per heavy atom. The molecule has 0 aliphatic rings. The third kappa shape index (κ3) is 7.25. The summed E-state index contributed by atoms with van der Waals surface area (Å²) in [6.45, 7) is 0. The predicted octanol–water partition coefficient (Wildman–Crippen LogP) is 5.12. The number of nitrogens with zero attached hydrogens (tertiary/aromatic N) is 1. The van der Waals surface area contributed by atoms with Crippen molar-refractivity contribution in [1.29, 1.82) is 0 Å². The number of thioether (sulfide) groups is 1. The third-order valence-electron chi connectivity index (χ3n) is 4.38. The number of amides is 3. The van der Waals surface area contributed by atoms with Crippen molar-refractivity contribution in [2.24, 2.45) is 0 Å². The van der Waals surface area contributed by atoms with Gasteiger partial charge in [-0.05, 0) is 42.0 Å². The second-order valence-electron chi connectivity index (χ2n) is 6.83. The number of para-hydroxylation sites is 1. The van der Waals surface area contributed by atoms with Crippen LogP contribution in [-0.4, -0.2) is 29.7 Å². The Balaban J connectivity index is 1.49. The standard InChI is InChI=1S/C23H22N4O5S/c1-32-21-11-10-16(12-20(21)27(30)31)14-33-15-22(28)24-18-8-5-9-19(13-18)26-23(29)25-17-6-3-2-4-7-17/h2-13H,14-15H2,1H3,(H,24,28)(H2,25,26,29). The van der Waals surface area contributed by atoms with Crippen molar-refractivity contribution in [3.8, 4) is 5.75 Å².